The number of carbonyl (C=O) groups is 2. The first-order valence-electron chi connectivity index (χ1n) is 14.8. The van der Waals surface area contributed by atoms with Gasteiger partial charge in [0.25, 0.3) is 0 Å². The van der Waals surface area contributed by atoms with E-state index in [2.05, 4.69) is 34.6 Å². The second kappa shape index (κ2) is 10.4. The fraction of sp³-hybridized carbons (Fsp3) is 0.935. The summed E-state index contributed by atoms with van der Waals surface area (Å²) in [5.74, 6) is 4.88. The monoisotopic (exact) mass is 488 g/mol. The Kier molecular flexibility index (Phi) is 7.99. The number of fused-ring (bicyclic) bond motifs is 5. The van der Waals surface area contributed by atoms with Gasteiger partial charge in [-0.1, -0.05) is 53.9 Å². The molecule has 0 amide bonds. The molecule has 0 bridgehead atoms. The van der Waals surface area contributed by atoms with Gasteiger partial charge in [-0.25, -0.2) is 0 Å². The molecule has 0 radical (unpaired) electrons. The van der Waals surface area contributed by atoms with E-state index in [1.54, 1.807) is 0 Å². The summed E-state index contributed by atoms with van der Waals surface area (Å²) in [4.78, 5) is 23.7. The molecule has 200 valence electrons. The van der Waals surface area contributed by atoms with Crippen LogP contribution in [0.3, 0.4) is 0 Å². The smallest absolute Gasteiger partial charge is 0.303 e. The first-order chi connectivity index (χ1) is 16.5. The second-order valence-corrected chi connectivity index (χ2v) is 13.9. The van der Waals surface area contributed by atoms with Gasteiger partial charge in [0, 0.05) is 13.8 Å². The average molecular weight is 489 g/mol. The maximum Gasteiger partial charge on any atom is 0.303 e. The minimum Gasteiger partial charge on any atom is -0.459 e. The summed E-state index contributed by atoms with van der Waals surface area (Å²) < 4.78 is 11.5. The molecule has 4 aliphatic rings. The van der Waals surface area contributed by atoms with Crippen molar-refractivity contribution < 1.29 is 19.1 Å². The zero-order chi connectivity index (χ0) is 25.5. The van der Waals surface area contributed by atoms with E-state index in [-0.39, 0.29) is 29.6 Å². The molecule has 4 saturated carbocycles. The van der Waals surface area contributed by atoms with Crippen LogP contribution in [0.1, 0.15) is 119 Å². The summed E-state index contributed by atoms with van der Waals surface area (Å²) in [7, 11) is 0. The number of esters is 2. The van der Waals surface area contributed by atoms with Crippen LogP contribution >= 0.6 is 0 Å². The minimum atomic E-state index is -0.304. The van der Waals surface area contributed by atoms with Crippen molar-refractivity contribution in [2.75, 3.05) is 0 Å². The molecular formula is C31H52O4. The third kappa shape index (κ3) is 5.19. The van der Waals surface area contributed by atoms with Crippen LogP contribution in [0, 0.1) is 52.3 Å². The maximum atomic E-state index is 11.9. The average Bonchev–Trinajstić information content (AvgIpc) is 3.10. The molecule has 35 heavy (non-hydrogen) atoms. The normalized spacial score (nSPS) is 43.6. The topological polar surface area (TPSA) is 52.6 Å². The van der Waals surface area contributed by atoms with Crippen molar-refractivity contribution in [3.8, 4) is 0 Å². The Morgan fingerprint density at radius 3 is 2.14 bits per heavy atom. The van der Waals surface area contributed by atoms with Crippen LogP contribution in [-0.4, -0.2) is 24.1 Å². The van der Waals surface area contributed by atoms with E-state index in [1.165, 1.54) is 71.6 Å². The maximum absolute atomic E-state index is 11.9. The fourth-order valence-electron chi connectivity index (χ4n) is 9.93. The van der Waals surface area contributed by atoms with Gasteiger partial charge in [0.05, 0.1) is 0 Å². The Morgan fingerprint density at radius 1 is 0.829 bits per heavy atom. The summed E-state index contributed by atoms with van der Waals surface area (Å²) >= 11 is 0. The standard InChI is InChI=1S/C31H52O4/c1-19(2)9-8-10-20(3)25-13-14-26-24-12-11-23-17-28(34-21(4)32)29(35-22(5)33)18-31(23,7)27(24)15-16-30(25,26)6/h19-20,23-29H,8-18H2,1-7H3/t20-,23+,24-,25-,26-,27-,28+,29-,30+,31+/m1/s1. The van der Waals surface area contributed by atoms with E-state index < -0.39 is 0 Å². The highest BCUT2D eigenvalue weighted by molar-refractivity contribution is 5.67. The molecule has 0 heterocycles. The highest BCUT2D eigenvalue weighted by Gasteiger charge is 2.62. The first-order valence-corrected chi connectivity index (χ1v) is 14.8. The van der Waals surface area contributed by atoms with Crippen LogP contribution in [0.5, 0.6) is 0 Å². The molecule has 0 spiro atoms. The predicted octanol–water partition coefficient (Wildman–Crippen LogP) is 7.58. The lowest BCUT2D eigenvalue weighted by molar-refractivity contribution is -0.195. The Morgan fingerprint density at radius 2 is 1.49 bits per heavy atom. The van der Waals surface area contributed by atoms with Crippen molar-refractivity contribution in [1.29, 1.82) is 0 Å². The van der Waals surface area contributed by atoms with Gasteiger partial charge >= 0.3 is 11.9 Å². The summed E-state index contributed by atoms with van der Waals surface area (Å²) in [6.07, 6.45) is 13.3. The molecule has 4 nitrogen and oxygen atoms in total. The molecule has 4 aliphatic carbocycles. The molecule has 0 aromatic heterocycles. The van der Waals surface area contributed by atoms with Crippen molar-refractivity contribution >= 4 is 11.9 Å². The molecule has 4 rings (SSSR count). The first kappa shape index (κ1) is 27.0. The van der Waals surface area contributed by atoms with E-state index in [1.807, 2.05) is 0 Å². The van der Waals surface area contributed by atoms with Crippen molar-refractivity contribution in [1.82, 2.24) is 0 Å². The SMILES string of the molecule is CC(=O)O[C@H]1C[C@@H]2CC[C@@H]3[C@H]4CC[C@H]([C@H](C)CCCC(C)C)[C@]4(C)CC[C@H]3[C@@]2(C)C[C@H]1OC(C)=O. The van der Waals surface area contributed by atoms with Gasteiger partial charge in [0.2, 0.25) is 0 Å². The summed E-state index contributed by atoms with van der Waals surface area (Å²) in [5.41, 5.74) is 0.661. The molecule has 10 atom stereocenters. The Bertz CT molecular complexity index is 776. The number of hydrogen-bond donors (Lipinski definition) is 0. The van der Waals surface area contributed by atoms with Crippen molar-refractivity contribution in [2.24, 2.45) is 52.3 Å². The zero-order valence-electron chi connectivity index (χ0n) is 23.6. The zero-order valence-corrected chi connectivity index (χ0v) is 23.6. The Balaban J connectivity index is 1.50. The molecule has 0 aromatic rings. The van der Waals surface area contributed by atoms with Crippen LogP contribution < -0.4 is 0 Å². The number of rotatable bonds is 7. The highest BCUT2D eigenvalue weighted by atomic mass is 16.6. The van der Waals surface area contributed by atoms with Gasteiger partial charge in [0.15, 0.2) is 0 Å². The molecular weight excluding hydrogens is 436 g/mol. The minimum absolute atomic E-state index is 0.169. The summed E-state index contributed by atoms with van der Waals surface area (Å²) in [6.45, 7) is 15.3. The number of hydrogen-bond acceptors (Lipinski definition) is 4. The largest absolute Gasteiger partial charge is 0.459 e. The van der Waals surface area contributed by atoms with E-state index in [4.69, 9.17) is 9.47 Å². The lowest BCUT2D eigenvalue weighted by atomic mass is 9.44. The Hall–Kier alpha value is -1.06. The van der Waals surface area contributed by atoms with Crippen LogP contribution in [0.15, 0.2) is 0 Å². The number of carbonyl (C=O) groups excluding carboxylic acids is 2. The van der Waals surface area contributed by atoms with E-state index in [9.17, 15) is 9.59 Å². The van der Waals surface area contributed by atoms with E-state index in [0.29, 0.717) is 17.3 Å². The van der Waals surface area contributed by atoms with Gasteiger partial charge in [-0.3, -0.25) is 9.59 Å². The van der Waals surface area contributed by atoms with Crippen LogP contribution in [-0.2, 0) is 19.1 Å². The molecule has 0 aliphatic heterocycles. The molecule has 4 heteroatoms. The molecule has 0 aromatic carbocycles. The van der Waals surface area contributed by atoms with Gasteiger partial charge in [-0.2, -0.15) is 0 Å². The van der Waals surface area contributed by atoms with Crippen molar-refractivity contribution in [3.05, 3.63) is 0 Å². The molecule has 4 fully saturated rings. The lowest BCUT2D eigenvalue weighted by Crippen LogP contribution is -2.57. The lowest BCUT2D eigenvalue weighted by Gasteiger charge is -2.62. The van der Waals surface area contributed by atoms with Crippen molar-refractivity contribution in [3.63, 3.8) is 0 Å². The molecule has 0 saturated heterocycles. The van der Waals surface area contributed by atoms with E-state index >= 15 is 0 Å². The van der Waals surface area contributed by atoms with Gasteiger partial charge in [0.1, 0.15) is 12.2 Å². The Labute approximate surface area is 214 Å². The fourth-order valence-corrected chi connectivity index (χ4v) is 9.93. The van der Waals surface area contributed by atoms with Gasteiger partial charge < -0.3 is 9.47 Å². The summed E-state index contributed by atoms with van der Waals surface area (Å²) in [5, 5.41) is 0. The molecule has 0 N–H and O–H groups in total. The van der Waals surface area contributed by atoms with Crippen LogP contribution in [0.25, 0.3) is 0 Å². The highest BCUT2D eigenvalue weighted by Crippen LogP contribution is 2.68. The number of ether oxygens (including phenoxy) is 2. The second-order valence-electron chi connectivity index (χ2n) is 13.9. The summed E-state index contributed by atoms with van der Waals surface area (Å²) in [6, 6.07) is 0. The third-order valence-electron chi connectivity index (χ3n) is 11.5. The van der Waals surface area contributed by atoms with Crippen LogP contribution in [0.4, 0.5) is 0 Å². The quantitative estimate of drug-likeness (QED) is 0.347. The van der Waals surface area contributed by atoms with Crippen LogP contribution in [0.2, 0.25) is 0 Å². The third-order valence-corrected chi connectivity index (χ3v) is 11.5. The van der Waals surface area contributed by atoms with Crippen molar-refractivity contribution in [2.45, 2.75) is 131 Å². The van der Waals surface area contributed by atoms with Gasteiger partial charge in [-0.15, -0.1) is 0 Å². The molecule has 0 unspecified atom stereocenters. The van der Waals surface area contributed by atoms with Gasteiger partial charge in [-0.05, 0) is 104 Å². The predicted molar refractivity (Wildman–Crippen MR) is 140 cm³/mol. The van der Waals surface area contributed by atoms with E-state index in [0.717, 1.165) is 42.4 Å².